The second-order valence-electron chi connectivity index (χ2n) is 5.40. The van der Waals surface area contributed by atoms with Crippen molar-refractivity contribution in [2.24, 2.45) is 0 Å². The Hall–Kier alpha value is -1.14. The van der Waals surface area contributed by atoms with Crippen LogP contribution in [0.4, 0.5) is 0 Å². The standard InChI is InChI=1S/C17H29N2/c1-2-3-4-5-6-7-8-9-10-11-13-19-14-12-17(15-18)16-19/h12,14-15,18H,2-11,13H2,1H3/q+1. The van der Waals surface area contributed by atoms with Gasteiger partial charge in [0.25, 0.3) is 0 Å². The molecule has 0 radical (unpaired) electrons. The lowest BCUT2D eigenvalue weighted by Gasteiger charge is -2.05. The molecule has 0 amide bonds. The van der Waals surface area contributed by atoms with Crippen molar-refractivity contribution >= 4 is 6.21 Å². The smallest absolute Gasteiger partial charge is 0.194 e. The number of hydrogen-bond acceptors (Lipinski definition) is 2. The summed E-state index contributed by atoms with van der Waals surface area (Å²) in [5, 5.41) is 7.14. The van der Waals surface area contributed by atoms with Crippen LogP contribution in [0.2, 0.25) is 0 Å². The molecule has 0 unspecified atom stereocenters. The first-order chi connectivity index (χ1) is 9.36. The molecule has 2 heteroatoms. The van der Waals surface area contributed by atoms with Crippen molar-refractivity contribution in [1.82, 2.24) is 4.90 Å². The van der Waals surface area contributed by atoms with Gasteiger partial charge in [0.2, 0.25) is 0 Å². The molecule has 0 aromatic rings. The summed E-state index contributed by atoms with van der Waals surface area (Å²) in [5.41, 5.74) is 0.882. The molecule has 1 rings (SSSR count). The zero-order chi connectivity index (χ0) is 13.8. The summed E-state index contributed by atoms with van der Waals surface area (Å²) >= 11 is 0. The third kappa shape index (κ3) is 7.79. The fourth-order valence-electron chi connectivity index (χ4n) is 2.39. The normalized spacial score (nSPS) is 13.5. The van der Waals surface area contributed by atoms with E-state index in [1.54, 1.807) is 0 Å². The molecule has 0 aromatic carbocycles. The first kappa shape index (κ1) is 15.9. The minimum atomic E-state index is 0.882. The zero-order valence-corrected chi connectivity index (χ0v) is 12.5. The molecule has 1 heterocycles. The summed E-state index contributed by atoms with van der Waals surface area (Å²) in [7, 11) is 0. The van der Waals surface area contributed by atoms with Gasteiger partial charge in [-0.3, -0.25) is 5.41 Å². The minimum Gasteiger partial charge on any atom is -0.258 e. The third-order valence-corrected chi connectivity index (χ3v) is 3.61. The van der Waals surface area contributed by atoms with E-state index in [2.05, 4.69) is 18.0 Å². The molecule has 0 atom stereocenters. The Labute approximate surface area is 119 Å². The molecular weight excluding hydrogens is 232 g/mol. The van der Waals surface area contributed by atoms with Gasteiger partial charge in [-0.2, -0.15) is 0 Å². The topological polar surface area (TPSA) is 27.1 Å². The molecule has 1 N–H and O–H groups in total. The Balaban J connectivity index is 1.83. The van der Waals surface area contributed by atoms with Crippen molar-refractivity contribution in [3.63, 3.8) is 0 Å². The van der Waals surface area contributed by atoms with Crippen molar-refractivity contribution in [3.8, 4) is 0 Å². The Morgan fingerprint density at radius 2 is 1.58 bits per heavy atom. The van der Waals surface area contributed by atoms with E-state index in [9.17, 15) is 0 Å². The van der Waals surface area contributed by atoms with Gasteiger partial charge >= 0.3 is 0 Å². The highest BCUT2D eigenvalue weighted by Gasteiger charge is 2.12. The second kappa shape index (κ2) is 10.8. The molecule has 0 saturated heterocycles. The van der Waals surface area contributed by atoms with Crippen LogP contribution in [0.15, 0.2) is 17.8 Å². The van der Waals surface area contributed by atoms with Gasteiger partial charge in [0.1, 0.15) is 18.6 Å². The van der Waals surface area contributed by atoms with Gasteiger partial charge in [0, 0.05) is 0 Å². The van der Waals surface area contributed by atoms with Gasteiger partial charge in [-0.25, -0.2) is 4.90 Å². The van der Waals surface area contributed by atoms with Gasteiger partial charge in [0.05, 0.1) is 12.6 Å². The molecule has 0 saturated carbocycles. The third-order valence-electron chi connectivity index (χ3n) is 3.61. The molecule has 0 fully saturated rings. The van der Waals surface area contributed by atoms with Crippen LogP contribution in [0.3, 0.4) is 0 Å². The summed E-state index contributed by atoms with van der Waals surface area (Å²) in [6.07, 6.45) is 22.3. The van der Waals surface area contributed by atoms with E-state index >= 15 is 0 Å². The Morgan fingerprint density at radius 1 is 1.00 bits per heavy atom. The lowest BCUT2D eigenvalue weighted by Crippen LogP contribution is -2.09. The quantitative estimate of drug-likeness (QED) is 0.296. The van der Waals surface area contributed by atoms with E-state index in [0.717, 1.165) is 12.1 Å². The van der Waals surface area contributed by atoms with Crippen molar-refractivity contribution in [3.05, 3.63) is 24.0 Å². The van der Waals surface area contributed by atoms with Crippen LogP contribution in [0.25, 0.3) is 0 Å². The van der Waals surface area contributed by atoms with Gasteiger partial charge in [0.15, 0.2) is 5.57 Å². The number of rotatable bonds is 12. The molecule has 0 aliphatic carbocycles. The Kier molecular flexibility index (Phi) is 9.01. The molecule has 0 bridgehead atoms. The highest BCUT2D eigenvalue weighted by Crippen LogP contribution is 2.12. The maximum absolute atomic E-state index is 7.14. The SMILES string of the molecule is CCCCCCCCCCCCN1[C+]=C(C=N)C=C1. The van der Waals surface area contributed by atoms with Crippen LogP contribution in [0, 0.1) is 11.6 Å². The average molecular weight is 261 g/mol. The van der Waals surface area contributed by atoms with Crippen molar-refractivity contribution in [2.45, 2.75) is 71.1 Å². The molecule has 1 aliphatic heterocycles. The second-order valence-corrected chi connectivity index (χ2v) is 5.40. The predicted octanol–water partition coefficient (Wildman–Crippen LogP) is 5.07. The van der Waals surface area contributed by atoms with Crippen LogP contribution in [0.5, 0.6) is 0 Å². The van der Waals surface area contributed by atoms with Crippen molar-refractivity contribution in [1.29, 1.82) is 5.41 Å². The monoisotopic (exact) mass is 261 g/mol. The van der Waals surface area contributed by atoms with Crippen LogP contribution in [-0.4, -0.2) is 17.7 Å². The summed E-state index contributed by atoms with van der Waals surface area (Å²) in [5.74, 6) is 0. The number of allylic oxidation sites excluding steroid dienone is 2. The molecule has 1 aliphatic rings. The summed E-state index contributed by atoms with van der Waals surface area (Å²) in [6.45, 7) is 3.32. The van der Waals surface area contributed by atoms with E-state index in [0.29, 0.717) is 0 Å². The number of nitrogens with zero attached hydrogens (tertiary/aromatic N) is 1. The molecule has 106 valence electrons. The van der Waals surface area contributed by atoms with Gasteiger partial charge in [-0.1, -0.05) is 64.7 Å². The van der Waals surface area contributed by atoms with E-state index in [4.69, 9.17) is 5.41 Å². The van der Waals surface area contributed by atoms with Crippen LogP contribution in [0.1, 0.15) is 71.1 Å². The predicted molar refractivity (Wildman–Crippen MR) is 83.2 cm³/mol. The number of hydrogen-bond donors (Lipinski definition) is 1. The Bertz CT molecular complexity index is 292. The zero-order valence-electron chi connectivity index (χ0n) is 12.5. The highest BCUT2D eigenvalue weighted by atomic mass is 15.1. The van der Waals surface area contributed by atoms with E-state index in [1.165, 1.54) is 70.4 Å². The van der Waals surface area contributed by atoms with Crippen molar-refractivity contribution in [2.75, 3.05) is 6.54 Å². The fourth-order valence-corrected chi connectivity index (χ4v) is 2.39. The first-order valence-corrected chi connectivity index (χ1v) is 7.95. The first-order valence-electron chi connectivity index (χ1n) is 7.95. The van der Waals surface area contributed by atoms with Crippen LogP contribution in [-0.2, 0) is 0 Å². The molecule has 2 nitrogen and oxygen atoms in total. The van der Waals surface area contributed by atoms with Crippen LogP contribution >= 0.6 is 0 Å². The summed E-state index contributed by atoms with van der Waals surface area (Å²) < 4.78 is 0. The van der Waals surface area contributed by atoms with Crippen molar-refractivity contribution < 1.29 is 0 Å². The maximum atomic E-state index is 7.14. The van der Waals surface area contributed by atoms with E-state index < -0.39 is 0 Å². The van der Waals surface area contributed by atoms with E-state index in [-0.39, 0.29) is 0 Å². The molecule has 0 aromatic heterocycles. The van der Waals surface area contributed by atoms with Gasteiger partial charge < -0.3 is 0 Å². The average Bonchev–Trinajstić information content (AvgIpc) is 2.89. The highest BCUT2D eigenvalue weighted by molar-refractivity contribution is 5.79. The lowest BCUT2D eigenvalue weighted by atomic mass is 10.1. The van der Waals surface area contributed by atoms with E-state index in [1.807, 2.05) is 12.3 Å². The largest absolute Gasteiger partial charge is 0.258 e. The van der Waals surface area contributed by atoms with Gasteiger partial charge in [-0.15, -0.1) is 0 Å². The number of nitrogens with one attached hydrogen (secondary N) is 1. The summed E-state index contributed by atoms with van der Waals surface area (Å²) in [4.78, 5) is 2.07. The maximum Gasteiger partial charge on any atom is 0.194 e. The lowest BCUT2D eigenvalue weighted by molar-refractivity contribution is 0.455. The fraction of sp³-hybridized carbons (Fsp3) is 0.706. The Morgan fingerprint density at radius 3 is 2.11 bits per heavy atom. The van der Waals surface area contributed by atoms with Crippen LogP contribution < -0.4 is 0 Å². The number of unbranched alkanes of at least 4 members (excludes halogenated alkanes) is 9. The molecule has 19 heavy (non-hydrogen) atoms. The minimum absolute atomic E-state index is 0.882. The summed E-state index contributed by atoms with van der Waals surface area (Å²) in [6, 6.07) is 0. The van der Waals surface area contributed by atoms with Gasteiger partial charge in [-0.05, 0) is 6.42 Å². The molecular formula is C17H29N2+. The molecule has 0 spiro atoms.